The third kappa shape index (κ3) is 12.6. The van der Waals surface area contributed by atoms with Gasteiger partial charge in [0.25, 0.3) is 11.8 Å². The summed E-state index contributed by atoms with van der Waals surface area (Å²) < 4.78 is 37.6. The Bertz CT molecular complexity index is 1840. The van der Waals surface area contributed by atoms with Crippen molar-refractivity contribution in [2.24, 2.45) is 11.8 Å². The molecule has 2 aliphatic rings. The number of aromatic nitrogens is 2. The second-order valence-corrected chi connectivity index (χ2v) is 15.3. The standard InChI is InChI=1S/C20H20Cl2F3N3O.C19H21Cl2N3O/c21-13-3-7-17(22)16(9-13)19(29)28-14-4-1-12(2-5-14)10-26-15-6-8-18(27-11-15)20(23,24)25;20-14-5-8-18(21)17(10-14)19(25)24-15-6-3-13(4-7-15)11-23-16-2-1-9-22-12-16/h3,6-9,11-12,14,26H,1-2,4-5,10H2,(H,28,29);1-2,5,8-10,12-13,15,23H,3-4,6-7,11H2,(H,24,25). The predicted octanol–water partition coefficient (Wildman–Crippen LogP) is 10.6. The first kappa shape index (κ1) is 41.4. The third-order valence-corrected chi connectivity index (χ3v) is 10.7. The first-order chi connectivity index (χ1) is 25.8. The summed E-state index contributed by atoms with van der Waals surface area (Å²) in [6.07, 6.45) is 7.93. The number of benzene rings is 2. The molecule has 288 valence electrons. The van der Waals surface area contributed by atoms with Gasteiger partial charge in [-0.05, 0) is 124 Å². The fourth-order valence-corrected chi connectivity index (χ4v) is 7.30. The number of hydrogen-bond acceptors (Lipinski definition) is 6. The van der Waals surface area contributed by atoms with Gasteiger partial charge in [-0.1, -0.05) is 46.4 Å². The van der Waals surface area contributed by atoms with E-state index in [0.717, 1.165) is 69.7 Å². The molecule has 0 unspecified atom stereocenters. The van der Waals surface area contributed by atoms with Gasteiger partial charge in [0, 0.05) is 47.6 Å². The lowest BCUT2D eigenvalue weighted by Gasteiger charge is -2.29. The van der Waals surface area contributed by atoms with Gasteiger partial charge in [0.2, 0.25) is 0 Å². The van der Waals surface area contributed by atoms with E-state index in [1.54, 1.807) is 42.6 Å². The minimum atomic E-state index is -4.43. The fraction of sp³-hybridized carbons (Fsp3) is 0.385. The van der Waals surface area contributed by atoms with Gasteiger partial charge in [-0.2, -0.15) is 13.2 Å². The van der Waals surface area contributed by atoms with Gasteiger partial charge in [-0.25, -0.2) is 4.98 Å². The summed E-state index contributed by atoms with van der Waals surface area (Å²) >= 11 is 24.1. The molecule has 15 heteroatoms. The van der Waals surface area contributed by atoms with E-state index >= 15 is 0 Å². The van der Waals surface area contributed by atoms with Crippen LogP contribution in [-0.2, 0) is 6.18 Å². The monoisotopic (exact) mass is 822 g/mol. The molecule has 0 bridgehead atoms. The average Bonchev–Trinajstić information content (AvgIpc) is 3.16. The van der Waals surface area contributed by atoms with E-state index in [-0.39, 0.29) is 23.9 Å². The van der Waals surface area contributed by atoms with Crippen molar-refractivity contribution < 1.29 is 22.8 Å². The second-order valence-electron chi connectivity index (χ2n) is 13.6. The largest absolute Gasteiger partial charge is 0.433 e. The summed E-state index contributed by atoms with van der Waals surface area (Å²) in [6, 6.07) is 16.3. The SMILES string of the molecule is O=C(NC1CCC(CNc2ccc(C(F)(F)F)nc2)CC1)c1cc(Cl)ccc1Cl.O=C(NC1CCC(CNc2cccnc2)CC1)c1cc(Cl)ccc1Cl. The zero-order chi connectivity index (χ0) is 38.7. The molecule has 2 aromatic heterocycles. The lowest BCUT2D eigenvalue weighted by molar-refractivity contribution is -0.141. The number of halogens is 7. The lowest BCUT2D eigenvalue weighted by Crippen LogP contribution is -2.38. The highest BCUT2D eigenvalue weighted by atomic mass is 35.5. The van der Waals surface area contributed by atoms with Crippen LogP contribution in [0.15, 0.2) is 79.3 Å². The first-order valence-electron chi connectivity index (χ1n) is 17.8. The number of nitrogens with one attached hydrogen (secondary N) is 4. The molecule has 0 radical (unpaired) electrons. The Balaban J connectivity index is 0.000000210. The van der Waals surface area contributed by atoms with Crippen LogP contribution in [0, 0.1) is 11.8 Å². The Morgan fingerprint density at radius 3 is 1.54 bits per heavy atom. The molecule has 2 amide bonds. The number of amides is 2. The van der Waals surface area contributed by atoms with Crippen LogP contribution in [0.1, 0.15) is 77.8 Å². The van der Waals surface area contributed by atoms with Gasteiger partial charge >= 0.3 is 6.18 Å². The first-order valence-corrected chi connectivity index (χ1v) is 19.3. The summed E-state index contributed by atoms with van der Waals surface area (Å²) in [7, 11) is 0. The van der Waals surface area contributed by atoms with E-state index in [1.807, 2.05) is 18.3 Å². The molecular weight excluding hydrogens is 783 g/mol. The number of alkyl halides is 3. The van der Waals surface area contributed by atoms with Crippen molar-refractivity contribution in [2.45, 2.75) is 69.6 Å². The Kier molecular flexibility index (Phi) is 15.1. The van der Waals surface area contributed by atoms with E-state index < -0.39 is 11.9 Å². The van der Waals surface area contributed by atoms with E-state index in [0.29, 0.717) is 55.3 Å². The van der Waals surface area contributed by atoms with Crippen LogP contribution in [-0.4, -0.2) is 47.0 Å². The molecule has 0 spiro atoms. The molecule has 2 saturated carbocycles. The highest BCUT2D eigenvalue weighted by Crippen LogP contribution is 2.30. The van der Waals surface area contributed by atoms with Crippen LogP contribution < -0.4 is 21.3 Å². The molecule has 54 heavy (non-hydrogen) atoms. The van der Waals surface area contributed by atoms with E-state index in [4.69, 9.17) is 46.4 Å². The molecular formula is C39H41Cl4F3N6O2. The average molecular weight is 825 g/mol. The number of anilines is 2. The van der Waals surface area contributed by atoms with E-state index in [1.165, 1.54) is 12.3 Å². The maximum atomic E-state index is 12.5. The van der Waals surface area contributed by atoms with Crippen LogP contribution in [0.5, 0.6) is 0 Å². The summed E-state index contributed by atoms with van der Waals surface area (Å²) in [4.78, 5) is 32.4. The molecule has 2 aromatic carbocycles. The number of rotatable bonds is 10. The molecule has 2 fully saturated rings. The highest BCUT2D eigenvalue weighted by molar-refractivity contribution is 6.36. The van der Waals surface area contributed by atoms with Crippen LogP contribution in [0.2, 0.25) is 20.1 Å². The van der Waals surface area contributed by atoms with Gasteiger partial charge in [-0.15, -0.1) is 0 Å². The molecule has 4 aromatic rings. The Labute approximate surface area is 332 Å². The quantitative estimate of drug-likeness (QED) is 0.127. The van der Waals surface area contributed by atoms with Crippen molar-refractivity contribution in [2.75, 3.05) is 23.7 Å². The molecule has 4 N–H and O–H groups in total. The van der Waals surface area contributed by atoms with Crippen LogP contribution in [0.4, 0.5) is 24.5 Å². The Morgan fingerprint density at radius 1 is 0.648 bits per heavy atom. The molecule has 6 rings (SSSR count). The molecule has 0 atom stereocenters. The Morgan fingerprint density at radius 2 is 1.13 bits per heavy atom. The number of nitrogens with zero attached hydrogens (tertiary/aromatic N) is 2. The van der Waals surface area contributed by atoms with E-state index in [9.17, 15) is 22.8 Å². The molecule has 0 aliphatic heterocycles. The maximum absolute atomic E-state index is 12.5. The third-order valence-electron chi connectivity index (χ3n) is 9.62. The minimum Gasteiger partial charge on any atom is -0.384 e. The second kappa shape index (κ2) is 19.7. The number of pyridine rings is 2. The summed E-state index contributed by atoms with van der Waals surface area (Å²) in [5.41, 5.74) is 1.50. The van der Waals surface area contributed by atoms with Crippen molar-refractivity contribution in [3.05, 3.63) is 116 Å². The van der Waals surface area contributed by atoms with Gasteiger partial charge in [0.1, 0.15) is 5.69 Å². The normalized spacial score (nSPS) is 19.8. The van der Waals surface area contributed by atoms with Gasteiger partial charge in [0.15, 0.2) is 0 Å². The minimum absolute atomic E-state index is 0.0570. The molecule has 0 saturated heterocycles. The van der Waals surface area contributed by atoms with Crippen LogP contribution in [0.25, 0.3) is 0 Å². The van der Waals surface area contributed by atoms with Gasteiger partial charge in [-0.3, -0.25) is 14.6 Å². The zero-order valence-corrected chi connectivity index (χ0v) is 32.3. The van der Waals surface area contributed by atoms with Crippen LogP contribution >= 0.6 is 46.4 Å². The topological polar surface area (TPSA) is 108 Å². The van der Waals surface area contributed by atoms with Gasteiger partial charge < -0.3 is 21.3 Å². The number of hydrogen-bond donors (Lipinski definition) is 4. The van der Waals surface area contributed by atoms with Gasteiger partial charge in [0.05, 0.1) is 38.7 Å². The van der Waals surface area contributed by atoms with Crippen molar-refractivity contribution in [1.29, 1.82) is 0 Å². The number of carbonyl (C=O) groups excluding carboxylic acids is 2. The Hall–Kier alpha value is -3.77. The predicted molar refractivity (Wildman–Crippen MR) is 210 cm³/mol. The van der Waals surface area contributed by atoms with Crippen molar-refractivity contribution in [3.8, 4) is 0 Å². The van der Waals surface area contributed by atoms with Crippen LogP contribution in [0.3, 0.4) is 0 Å². The van der Waals surface area contributed by atoms with E-state index in [2.05, 4.69) is 31.2 Å². The van der Waals surface area contributed by atoms with Crippen molar-refractivity contribution >= 4 is 69.6 Å². The maximum Gasteiger partial charge on any atom is 0.433 e. The summed E-state index contributed by atoms with van der Waals surface area (Å²) in [6.45, 7) is 1.58. The fourth-order valence-electron chi connectivity index (χ4n) is 6.55. The summed E-state index contributed by atoms with van der Waals surface area (Å²) in [5.74, 6) is 0.600. The molecule has 2 aliphatic carbocycles. The smallest absolute Gasteiger partial charge is 0.384 e. The zero-order valence-electron chi connectivity index (χ0n) is 29.2. The number of carbonyl (C=O) groups is 2. The molecule has 8 nitrogen and oxygen atoms in total. The van der Waals surface area contributed by atoms with Crippen molar-refractivity contribution in [3.63, 3.8) is 0 Å². The van der Waals surface area contributed by atoms with Crippen molar-refractivity contribution in [1.82, 2.24) is 20.6 Å². The lowest BCUT2D eigenvalue weighted by atomic mass is 9.86. The molecule has 2 heterocycles. The summed E-state index contributed by atoms with van der Waals surface area (Å²) in [5, 5.41) is 14.4. The highest BCUT2D eigenvalue weighted by Gasteiger charge is 2.32.